The highest BCUT2D eigenvalue weighted by Gasteiger charge is 2.29. The van der Waals surface area contributed by atoms with Crippen LogP contribution in [0.1, 0.15) is 35.7 Å². The van der Waals surface area contributed by atoms with Crippen LogP contribution >= 0.6 is 11.6 Å². The molecule has 0 radical (unpaired) electrons. The van der Waals surface area contributed by atoms with Crippen LogP contribution in [0.25, 0.3) is 0 Å². The van der Waals surface area contributed by atoms with E-state index in [9.17, 15) is 13.2 Å². The van der Waals surface area contributed by atoms with Gasteiger partial charge in [0, 0.05) is 18.7 Å². The molecule has 2 aromatic carbocycles. The Balaban J connectivity index is 1.68. The maximum atomic E-state index is 12.8. The predicted octanol–water partition coefficient (Wildman–Crippen LogP) is 3.63. The molecule has 1 saturated heterocycles. The summed E-state index contributed by atoms with van der Waals surface area (Å²) in [4.78, 5) is 12.6. The van der Waals surface area contributed by atoms with Gasteiger partial charge in [-0.05, 0) is 56.5 Å². The molecule has 2 aromatic rings. The van der Waals surface area contributed by atoms with E-state index in [-0.39, 0.29) is 27.4 Å². The van der Waals surface area contributed by atoms with E-state index in [0.717, 1.165) is 24.2 Å². The Labute approximate surface area is 176 Å². The number of hydrogen-bond acceptors (Lipinski definition) is 4. The predicted molar refractivity (Wildman–Crippen MR) is 113 cm³/mol. The smallest absolute Gasteiger partial charge is 0.251 e. The average Bonchev–Trinajstić information content (AvgIpc) is 3.23. The number of nitrogens with zero attached hydrogens (tertiary/aromatic N) is 1. The molecule has 0 saturated carbocycles. The average molecular weight is 437 g/mol. The monoisotopic (exact) mass is 436 g/mol. The highest BCUT2D eigenvalue weighted by atomic mass is 35.5. The lowest BCUT2D eigenvalue weighted by molar-refractivity contribution is 0.0926. The van der Waals surface area contributed by atoms with Crippen molar-refractivity contribution in [1.82, 2.24) is 9.62 Å². The van der Waals surface area contributed by atoms with E-state index in [1.807, 2.05) is 38.1 Å². The second-order valence-electron chi connectivity index (χ2n) is 7.21. The van der Waals surface area contributed by atoms with Crippen molar-refractivity contribution in [2.24, 2.45) is 0 Å². The fourth-order valence-corrected chi connectivity index (χ4v) is 5.21. The van der Waals surface area contributed by atoms with E-state index in [1.165, 1.54) is 22.5 Å². The maximum absolute atomic E-state index is 12.8. The van der Waals surface area contributed by atoms with Gasteiger partial charge in [0.25, 0.3) is 5.91 Å². The molecule has 1 atom stereocenters. The number of rotatable bonds is 7. The van der Waals surface area contributed by atoms with E-state index in [4.69, 9.17) is 16.3 Å². The topological polar surface area (TPSA) is 75.7 Å². The summed E-state index contributed by atoms with van der Waals surface area (Å²) in [5.41, 5.74) is 1.26. The SMILES string of the molecule is Cc1ccccc1OC[C@@H](C)NC(=O)c1ccc(Cl)c(S(=O)(=O)N2CCCC2)c1. The number of sulfonamides is 1. The standard InChI is InChI=1S/C21H25ClN2O4S/c1-15-7-3-4-8-19(15)28-14-16(2)23-21(25)17-9-10-18(22)20(13-17)29(26,27)24-11-5-6-12-24/h3-4,7-10,13,16H,5-6,11-12,14H2,1-2H3,(H,23,25)/t16-/m1/s1. The van der Waals surface area contributed by atoms with E-state index < -0.39 is 10.0 Å². The second-order valence-corrected chi connectivity index (χ2v) is 9.52. The molecule has 0 aromatic heterocycles. The van der Waals surface area contributed by atoms with Crippen LogP contribution in [0.5, 0.6) is 5.75 Å². The lowest BCUT2D eigenvalue weighted by Gasteiger charge is -2.18. The molecule has 0 bridgehead atoms. The van der Waals surface area contributed by atoms with E-state index >= 15 is 0 Å². The number of para-hydroxylation sites is 1. The Morgan fingerprint density at radius 3 is 2.59 bits per heavy atom. The minimum atomic E-state index is -3.71. The van der Waals surface area contributed by atoms with E-state index in [0.29, 0.717) is 19.7 Å². The Hall–Kier alpha value is -2.09. The molecule has 156 valence electrons. The van der Waals surface area contributed by atoms with Crippen molar-refractivity contribution in [3.8, 4) is 5.75 Å². The summed E-state index contributed by atoms with van der Waals surface area (Å²) in [6.07, 6.45) is 1.66. The largest absolute Gasteiger partial charge is 0.491 e. The number of halogens is 1. The van der Waals surface area contributed by atoms with Gasteiger partial charge in [0.2, 0.25) is 10.0 Å². The molecule has 1 aliphatic rings. The molecule has 1 fully saturated rings. The second kappa shape index (κ2) is 9.15. The van der Waals surface area contributed by atoms with E-state index in [2.05, 4.69) is 5.32 Å². The van der Waals surface area contributed by atoms with Gasteiger partial charge in [0.1, 0.15) is 17.3 Å². The number of hydrogen-bond donors (Lipinski definition) is 1. The summed E-state index contributed by atoms with van der Waals surface area (Å²) in [5.74, 6) is 0.388. The molecule has 0 spiro atoms. The van der Waals surface area contributed by atoms with Crippen LogP contribution < -0.4 is 10.1 Å². The molecule has 1 heterocycles. The van der Waals surface area contributed by atoms with Gasteiger partial charge in [-0.25, -0.2) is 8.42 Å². The van der Waals surface area contributed by atoms with Gasteiger partial charge in [-0.2, -0.15) is 4.31 Å². The zero-order valence-corrected chi connectivity index (χ0v) is 18.1. The molecule has 3 rings (SSSR count). The zero-order chi connectivity index (χ0) is 21.0. The van der Waals surface area contributed by atoms with Crippen LogP contribution in [0.2, 0.25) is 5.02 Å². The van der Waals surface area contributed by atoms with Crippen molar-refractivity contribution in [2.75, 3.05) is 19.7 Å². The normalized spacial score (nSPS) is 15.8. The number of ether oxygens (including phenoxy) is 1. The molecule has 1 amide bonds. The number of nitrogens with one attached hydrogen (secondary N) is 1. The number of carbonyl (C=O) groups excluding carboxylic acids is 1. The molecule has 1 aliphatic heterocycles. The summed E-state index contributed by atoms with van der Waals surface area (Å²) in [5, 5.41) is 2.95. The van der Waals surface area contributed by atoms with Crippen molar-refractivity contribution in [3.05, 3.63) is 58.6 Å². The van der Waals surface area contributed by atoms with Crippen LogP contribution in [0, 0.1) is 6.92 Å². The third-order valence-corrected chi connectivity index (χ3v) is 7.22. The van der Waals surface area contributed by atoms with Gasteiger partial charge in [0.05, 0.1) is 11.1 Å². The lowest BCUT2D eigenvalue weighted by atomic mass is 10.2. The van der Waals surface area contributed by atoms with Crippen molar-refractivity contribution in [1.29, 1.82) is 0 Å². The third-order valence-electron chi connectivity index (χ3n) is 4.84. The van der Waals surface area contributed by atoms with Crippen molar-refractivity contribution in [3.63, 3.8) is 0 Å². The molecular weight excluding hydrogens is 412 g/mol. The fraction of sp³-hybridized carbons (Fsp3) is 0.381. The molecule has 1 N–H and O–H groups in total. The highest BCUT2D eigenvalue weighted by Crippen LogP contribution is 2.28. The highest BCUT2D eigenvalue weighted by molar-refractivity contribution is 7.89. The van der Waals surface area contributed by atoms with Crippen LogP contribution in [-0.4, -0.2) is 44.4 Å². The first-order chi connectivity index (χ1) is 13.8. The summed E-state index contributed by atoms with van der Waals surface area (Å²) < 4.78 is 32.8. The number of benzene rings is 2. The Morgan fingerprint density at radius 1 is 1.21 bits per heavy atom. The summed E-state index contributed by atoms with van der Waals surface area (Å²) in [6, 6.07) is 11.7. The van der Waals surface area contributed by atoms with Crippen LogP contribution in [-0.2, 0) is 10.0 Å². The molecule has 29 heavy (non-hydrogen) atoms. The first-order valence-corrected chi connectivity index (χ1v) is 11.4. The Kier molecular flexibility index (Phi) is 6.82. The summed E-state index contributed by atoms with van der Waals surface area (Å²) in [7, 11) is -3.71. The first-order valence-electron chi connectivity index (χ1n) is 9.58. The Morgan fingerprint density at radius 2 is 1.90 bits per heavy atom. The molecule has 8 heteroatoms. The molecule has 0 aliphatic carbocycles. The summed E-state index contributed by atoms with van der Waals surface area (Å²) in [6.45, 7) is 5.02. The number of amides is 1. The zero-order valence-electron chi connectivity index (χ0n) is 16.5. The molecular formula is C21H25ClN2O4S. The van der Waals surface area contributed by atoms with Gasteiger partial charge in [-0.3, -0.25) is 4.79 Å². The third kappa shape index (κ3) is 5.10. The van der Waals surface area contributed by atoms with Gasteiger partial charge in [-0.1, -0.05) is 29.8 Å². The first kappa shape index (κ1) is 21.6. The van der Waals surface area contributed by atoms with Crippen LogP contribution in [0.4, 0.5) is 0 Å². The number of carbonyl (C=O) groups is 1. The van der Waals surface area contributed by atoms with Gasteiger partial charge in [0.15, 0.2) is 0 Å². The molecule has 6 nitrogen and oxygen atoms in total. The summed E-state index contributed by atoms with van der Waals surface area (Å²) >= 11 is 6.14. The Bertz CT molecular complexity index is 988. The molecule has 0 unspecified atom stereocenters. The van der Waals surface area contributed by atoms with Gasteiger partial charge < -0.3 is 10.1 Å². The number of aryl methyl sites for hydroxylation is 1. The quantitative estimate of drug-likeness (QED) is 0.719. The van der Waals surface area contributed by atoms with Crippen molar-refractivity contribution in [2.45, 2.75) is 37.6 Å². The van der Waals surface area contributed by atoms with Gasteiger partial charge >= 0.3 is 0 Å². The maximum Gasteiger partial charge on any atom is 0.251 e. The van der Waals surface area contributed by atoms with Gasteiger partial charge in [-0.15, -0.1) is 0 Å². The van der Waals surface area contributed by atoms with Crippen LogP contribution in [0.15, 0.2) is 47.4 Å². The van der Waals surface area contributed by atoms with Crippen molar-refractivity contribution >= 4 is 27.5 Å². The minimum absolute atomic E-state index is 0.0301. The van der Waals surface area contributed by atoms with E-state index in [1.54, 1.807) is 0 Å². The van der Waals surface area contributed by atoms with Crippen molar-refractivity contribution < 1.29 is 17.9 Å². The van der Waals surface area contributed by atoms with Crippen LogP contribution in [0.3, 0.4) is 0 Å². The minimum Gasteiger partial charge on any atom is -0.491 e. The fourth-order valence-electron chi connectivity index (χ4n) is 3.19. The lowest BCUT2D eigenvalue weighted by Crippen LogP contribution is -2.37.